The lowest BCUT2D eigenvalue weighted by Crippen LogP contribution is -2.26. The summed E-state index contributed by atoms with van der Waals surface area (Å²) in [6.07, 6.45) is 1.21. The van der Waals surface area contributed by atoms with E-state index in [9.17, 15) is 21.2 Å². The zero-order valence-electron chi connectivity index (χ0n) is 10.3. The van der Waals surface area contributed by atoms with Crippen LogP contribution in [0, 0.1) is 5.82 Å². The molecule has 0 aromatic heterocycles. The van der Waals surface area contributed by atoms with E-state index >= 15 is 0 Å². The maximum Gasteiger partial charge on any atom is 0.240 e. The fraction of sp³-hybridized carbons (Fsp3) is 0.400. The number of sulfonamides is 1. The monoisotopic (exact) mass is 310 g/mol. The molecule has 0 amide bonds. The zero-order chi connectivity index (χ0) is 14.7. The van der Waals surface area contributed by atoms with E-state index in [1.807, 2.05) is 0 Å². The van der Waals surface area contributed by atoms with Crippen LogP contribution in [0.1, 0.15) is 6.42 Å². The Morgan fingerprint density at radius 1 is 1.26 bits per heavy atom. The van der Waals surface area contributed by atoms with Crippen molar-refractivity contribution < 1.29 is 21.2 Å². The Balaban J connectivity index is 2.68. The molecule has 0 saturated carbocycles. The number of hydrogen-bond donors (Lipinski definition) is 2. The molecule has 1 aromatic carbocycles. The van der Waals surface area contributed by atoms with Crippen molar-refractivity contribution in [2.45, 2.75) is 11.3 Å². The van der Waals surface area contributed by atoms with Crippen molar-refractivity contribution >= 4 is 25.5 Å². The van der Waals surface area contributed by atoms with Gasteiger partial charge in [0.2, 0.25) is 10.0 Å². The second-order valence-corrected chi connectivity index (χ2v) is 8.09. The van der Waals surface area contributed by atoms with Gasteiger partial charge in [-0.1, -0.05) is 0 Å². The Bertz CT molecular complexity index is 656. The fourth-order valence-corrected chi connectivity index (χ4v) is 3.05. The highest BCUT2D eigenvalue weighted by Gasteiger charge is 2.15. The molecule has 1 aromatic rings. The minimum absolute atomic E-state index is 0.0403. The summed E-state index contributed by atoms with van der Waals surface area (Å²) in [6.45, 7) is -0.0403. The van der Waals surface area contributed by atoms with Crippen molar-refractivity contribution in [3.8, 4) is 0 Å². The third kappa shape index (κ3) is 5.13. The van der Waals surface area contributed by atoms with E-state index in [1.54, 1.807) is 0 Å². The summed E-state index contributed by atoms with van der Waals surface area (Å²) >= 11 is 0. The highest BCUT2D eigenvalue weighted by Crippen LogP contribution is 2.15. The Morgan fingerprint density at radius 2 is 1.89 bits per heavy atom. The van der Waals surface area contributed by atoms with Crippen LogP contribution in [0.2, 0.25) is 0 Å². The van der Waals surface area contributed by atoms with Gasteiger partial charge in [0.1, 0.15) is 15.7 Å². The summed E-state index contributed by atoms with van der Waals surface area (Å²) in [5.74, 6) is -0.940. The van der Waals surface area contributed by atoms with Gasteiger partial charge in [0.15, 0.2) is 0 Å². The molecule has 0 spiro atoms. The molecule has 108 valence electrons. The number of rotatable bonds is 6. The van der Waals surface area contributed by atoms with Crippen LogP contribution < -0.4 is 10.5 Å². The van der Waals surface area contributed by atoms with Gasteiger partial charge in [-0.2, -0.15) is 0 Å². The molecule has 0 saturated heterocycles. The topological polar surface area (TPSA) is 106 Å². The Kier molecular flexibility index (Phi) is 4.88. The summed E-state index contributed by atoms with van der Waals surface area (Å²) in [7, 11) is -6.99. The SMILES string of the molecule is CS(=O)(=O)CCCNS(=O)(=O)c1ccc(N)c(F)c1. The van der Waals surface area contributed by atoms with Crippen LogP contribution >= 0.6 is 0 Å². The highest BCUT2D eigenvalue weighted by molar-refractivity contribution is 7.90. The average molecular weight is 310 g/mol. The number of anilines is 1. The van der Waals surface area contributed by atoms with Gasteiger partial charge in [-0.05, 0) is 24.6 Å². The van der Waals surface area contributed by atoms with Crippen molar-refractivity contribution in [3.05, 3.63) is 24.0 Å². The maximum absolute atomic E-state index is 13.2. The van der Waals surface area contributed by atoms with Crippen LogP contribution in [0.15, 0.2) is 23.1 Å². The Hall–Kier alpha value is -1.19. The third-order valence-electron chi connectivity index (χ3n) is 2.27. The van der Waals surface area contributed by atoms with Gasteiger partial charge in [0.25, 0.3) is 0 Å². The van der Waals surface area contributed by atoms with Crippen LogP contribution in [0.25, 0.3) is 0 Å². The molecule has 6 nitrogen and oxygen atoms in total. The summed E-state index contributed by atoms with van der Waals surface area (Å²) in [5, 5.41) is 0. The van der Waals surface area contributed by atoms with Crippen molar-refractivity contribution in [2.75, 3.05) is 24.3 Å². The van der Waals surface area contributed by atoms with Gasteiger partial charge in [-0.3, -0.25) is 0 Å². The molecule has 19 heavy (non-hydrogen) atoms. The van der Waals surface area contributed by atoms with Crippen LogP contribution in [0.5, 0.6) is 0 Å². The molecule has 9 heteroatoms. The number of benzene rings is 1. The standard InChI is InChI=1S/C10H15FN2O4S2/c1-18(14,15)6-2-5-13-19(16,17)8-3-4-10(12)9(11)7-8/h3-4,7,13H,2,5-6,12H2,1H3. The zero-order valence-corrected chi connectivity index (χ0v) is 11.9. The number of nitrogen functional groups attached to an aromatic ring is 1. The molecule has 0 unspecified atom stereocenters. The first kappa shape index (κ1) is 15.9. The molecular formula is C10H15FN2O4S2. The molecule has 0 aliphatic rings. The van der Waals surface area contributed by atoms with Crippen LogP contribution in [0.3, 0.4) is 0 Å². The molecule has 0 aliphatic heterocycles. The molecule has 0 aliphatic carbocycles. The van der Waals surface area contributed by atoms with E-state index < -0.39 is 25.7 Å². The summed E-state index contributed by atoms with van der Waals surface area (Å²) in [4.78, 5) is -0.251. The second kappa shape index (κ2) is 5.85. The van der Waals surface area contributed by atoms with Crippen LogP contribution in [-0.2, 0) is 19.9 Å². The molecular weight excluding hydrogens is 295 g/mol. The van der Waals surface area contributed by atoms with Crippen molar-refractivity contribution in [1.82, 2.24) is 4.72 Å². The maximum atomic E-state index is 13.2. The van der Waals surface area contributed by atoms with Crippen molar-refractivity contribution in [2.24, 2.45) is 0 Å². The normalized spacial score (nSPS) is 12.5. The largest absolute Gasteiger partial charge is 0.396 e. The van der Waals surface area contributed by atoms with E-state index in [0.29, 0.717) is 0 Å². The second-order valence-electron chi connectivity index (χ2n) is 4.06. The highest BCUT2D eigenvalue weighted by atomic mass is 32.2. The lowest BCUT2D eigenvalue weighted by atomic mass is 10.3. The molecule has 0 bridgehead atoms. The van der Waals surface area contributed by atoms with Gasteiger partial charge >= 0.3 is 0 Å². The molecule has 0 atom stereocenters. The lowest BCUT2D eigenvalue weighted by molar-refractivity contribution is 0.574. The van der Waals surface area contributed by atoms with E-state index in [1.165, 1.54) is 6.07 Å². The van der Waals surface area contributed by atoms with Gasteiger partial charge < -0.3 is 5.73 Å². The molecule has 0 fully saturated rings. The first-order valence-corrected chi connectivity index (χ1v) is 8.88. The molecule has 0 radical (unpaired) electrons. The van der Waals surface area contributed by atoms with E-state index in [0.717, 1.165) is 18.4 Å². The number of nitrogens with one attached hydrogen (secondary N) is 1. The van der Waals surface area contributed by atoms with Crippen molar-refractivity contribution in [1.29, 1.82) is 0 Å². The van der Waals surface area contributed by atoms with Gasteiger partial charge in [-0.15, -0.1) is 0 Å². The summed E-state index contributed by atoms with van der Waals surface area (Å²) in [6, 6.07) is 3.14. The Morgan fingerprint density at radius 3 is 2.42 bits per heavy atom. The van der Waals surface area contributed by atoms with Crippen molar-refractivity contribution in [3.63, 3.8) is 0 Å². The van der Waals surface area contributed by atoms with Gasteiger partial charge in [0, 0.05) is 12.8 Å². The van der Waals surface area contributed by atoms with Crippen LogP contribution in [0.4, 0.5) is 10.1 Å². The fourth-order valence-electron chi connectivity index (χ4n) is 1.30. The van der Waals surface area contributed by atoms with Crippen LogP contribution in [-0.4, -0.2) is 35.4 Å². The number of sulfone groups is 1. The quantitative estimate of drug-likeness (QED) is 0.573. The number of hydrogen-bond acceptors (Lipinski definition) is 5. The number of nitrogens with two attached hydrogens (primary N) is 1. The predicted octanol–water partition coefficient (Wildman–Crippen LogP) is 0.121. The first-order chi connectivity index (χ1) is 8.62. The van der Waals surface area contributed by atoms with E-state index in [2.05, 4.69) is 4.72 Å². The summed E-state index contributed by atoms with van der Waals surface area (Å²) in [5.41, 5.74) is 5.10. The molecule has 0 heterocycles. The molecule has 3 N–H and O–H groups in total. The van der Waals surface area contributed by atoms with Gasteiger partial charge in [0.05, 0.1) is 16.3 Å². The number of halogens is 1. The minimum Gasteiger partial charge on any atom is -0.396 e. The molecule has 1 rings (SSSR count). The average Bonchev–Trinajstić information content (AvgIpc) is 2.27. The summed E-state index contributed by atoms with van der Waals surface area (Å²) < 4.78 is 60.6. The third-order valence-corrected chi connectivity index (χ3v) is 4.76. The lowest BCUT2D eigenvalue weighted by Gasteiger charge is -2.07. The Labute approximate surface area is 111 Å². The first-order valence-electron chi connectivity index (χ1n) is 5.34. The minimum atomic E-state index is -3.86. The predicted molar refractivity (Wildman–Crippen MR) is 70.3 cm³/mol. The van der Waals surface area contributed by atoms with E-state index in [-0.39, 0.29) is 29.3 Å². The van der Waals surface area contributed by atoms with Gasteiger partial charge in [-0.25, -0.2) is 25.9 Å². The smallest absolute Gasteiger partial charge is 0.240 e. The van der Waals surface area contributed by atoms with E-state index in [4.69, 9.17) is 5.73 Å².